The highest BCUT2D eigenvalue weighted by Gasteiger charge is 2.18. The van der Waals surface area contributed by atoms with E-state index in [1.807, 2.05) is 26.0 Å². The molecule has 1 atom stereocenters. The third kappa shape index (κ3) is 3.77. The number of rotatable bonds is 5. The van der Waals surface area contributed by atoms with Gasteiger partial charge in [0.05, 0.1) is 13.2 Å². The number of methoxy groups -OCH3 is 1. The Morgan fingerprint density at radius 3 is 2.74 bits per heavy atom. The van der Waals surface area contributed by atoms with Crippen LogP contribution in [0.3, 0.4) is 0 Å². The summed E-state index contributed by atoms with van der Waals surface area (Å²) in [4.78, 5) is 0. The molecule has 1 unspecified atom stereocenters. The minimum Gasteiger partial charge on any atom is -0.493 e. The lowest BCUT2D eigenvalue weighted by Crippen LogP contribution is -2.23. The van der Waals surface area contributed by atoms with Crippen LogP contribution in [0.25, 0.3) is 0 Å². The van der Waals surface area contributed by atoms with Gasteiger partial charge in [0.15, 0.2) is 11.5 Å². The molecule has 19 heavy (non-hydrogen) atoms. The average Bonchev–Trinajstić information content (AvgIpc) is 2.85. The Kier molecular flexibility index (Phi) is 4.94. The minimum atomic E-state index is 0.118. The SMILES string of the molecule is COc1cc(Cl)c(CC2CCCN2)cc1OC(C)C. The van der Waals surface area contributed by atoms with Gasteiger partial charge in [0.2, 0.25) is 0 Å². The van der Waals surface area contributed by atoms with Gasteiger partial charge in [-0.25, -0.2) is 0 Å². The first-order valence-electron chi connectivity index (χ1n) is 6.86. The first-order chi connectivity index (χ1) is 9.10. The molecule has 1 N–H and O–H groups in total. The predicted molar refractivity (Wildman–Crippen MR) is 78.5 cm³/mol. The van der Waals surface area contributed by atoms with Crippen molar-refractivity contribution in [1.82, 2.24) is 5.32 Å². The zero-order valence-electron chi connectivity index (χ0n) is 11.8. The Morgan fingerprint density at radius 2 is 2.16 bits per heavy atom. The molecule has 0 saturated carbocycles. The molecule has 0 aliphatic carbocycles. The van der Waals surface area contributed by atoms with Crippen LogP contribution in [0, 0.1) is 0 Å². The van der Waals surface area contributed by atoms with E-state index >= 15 is 0 Å². The van der Waals surface area contributed by atoms with Crippen LogP contribution in [-0.4, -0.2) is 25.8 Å². The fourth-order valence-corrected chi connectivity index (χ4v) is 2.67. The van der Waals surface area contributed by atoms with Crippen molar-refractivity contribution in [3.05, 3.63) is 22.7 Å². The van der Waals surface area contributed by atoms with Crippen molar-refractivity contribution < 1.29 is 9.47 Å². The quantitative estimate of drug-likeness (QED) is 0.898. The molecule has 1 aromatic rings. The number of nitrogens with one attached hydrogen (secondary N) is 1. The van der Waals surface area contributed by atoms with Gasteiger partial charge < -0.3 is 14.8 Å². The first-order valence-corrected chi connectivity index (χ1v) is 7.24. The second kappa shape index (κ2) is 6.49. The summed E-state index contributed by atoms with van der Waals surface area (Å²) in [5.74, 6) is 1.47. The number of hydrogen-bond acceptors (Lipinski definition) is 3. The average molecular weight is 284 g/mol. The van der Waals surface area contributed by atoms with Gasteiger partial charge in [-0.15, -0.1) is 0 Å². The maximum atomic E-state index is 6.33. The van der Waals surface area contributed by atoms with E-state index in [1.165, 1.54) is 12.8 Å². The lowest BCUT2D eigenvalue weighted by molar-refractivity contribution is 0.230. The molecule has 1 aliphatic rings. The van der Waals surface area contributed by atoms with Crippen molar-refractivity contribution in [3.8, 4) is 11.5 Å². The van der Waals surface area contributed by atoms with Gasteiger partial charge >= 0.3 is 0 Å². The Morgan fingerprint density at radius 1 is 1.37 bits per heavy atom. The Hall–Kier alpha value is -0.930. The van der Waals surface area contributed by atoms with Gasteiger partial charge in [0.1, 0.15) is 0 Å². The molecule has 0 spiro atoms. The number of benzene rings is 1. The van der Waals surface area contributed by atoms with Gasteiger partial charge in [-0.1, -0.05) is 11.6 Å². The molecule has 4 heteroatoms. The predicted octanol–water partition coefficient (Wildman–Crippen LogP) is 3.43. The maximum absolute atomic E-state index is 6.33. The second-order valence-corrected chi connectivity index (χ2v) is 5.67. The summed E-state index contributed by atoms with van der Waals surface area (Å²) in [6.45, 7) is 5.12. The molecule has 3 nitrogen and oxygen atoms in total. The van der Waals surface area contributed by atoms with Crippen molar-refractivity contribution in [3.63, 3.8) is 0 Å². The topological polar surface area (TPSA) is 30.5 Å². The molecular formula is C15H22ClNO2. The standard InChI is InChI=1S/C15H22ClNO2/c1-10(2)19-15-8-11(7-12-5-4-6-17-12)13(16)9-14(15)18-3/h8-10,12,17H,4-7H2,1-3H3. The summed E-state index contributed by atoms with van der Waals surface area (Å²) in [5.41, 5.74) is 1.12. The Balaban J connectivity index is 2.21. The number of ether oxygens (including phenoxy) is 2. The van der Waals surface area contributed by atoms with E-state index in [2.05, 4.69) is 5.32 Å². The van der Waals surface area contributed by atoms with Crippen LogP contribution in [0.4, 0.5) is 0 Å². The van der Waals surface area contributed by atoms with Crippen LogP contribution in [0.15, 0.2) is 12.1 Å². The van der Waals surface area contributed by atoms with Crippen LogP contribution in [0.1, 0.15) is 32.3 Å². The number of hydrogen-bond donors (Lipinski definition) is 1. The van der Waals surface area contributed by atoms with E-state index in [-0.39, 0.29) is 6.10 Å². The number of halogens is 1. The lowest BCUT2D eigenvalue weighted by atomic mass is 10.0. The smallest absolute Gasteiger partial charge is 0.162 e. The Labute approximate surface area is 120 Å². The summed E-state index contributed by atoms with van der Waals surface area (Å²) in [5, 5.41) is 4.24. The van der Waals surface area contributed by atoms with Crippen molar-refractivity contribution in [1.29, 1.82) is 0 Å². The molecule has 1 fully saturated rings. The third-order valence-corrected chi connectivity index (χ3v) is 3.68. The molecule has 0 aromatic heterocycles. The van der Waals surface area contributed by atoms with Gasteiger partial charge in [-0.2, -0.15) is 0 Å². The fraction of sp³-hybridized carbons (Fsp3) is 0.600. The molecule has 0 bridgehead atoms. The van der Waals surface area contributed by atoms with E-state index in [9.17, 15) is 0 Å². The molecule has 2 rings (SSSR count). The summed E-state index contributed by atoms with van der Waals surface area (Å²) in [6.07, 6.45) is 3.51. The van der Waals surface area contributed by atoms with Crippen molar-refractivity contribution >= 4 is 11.6 Å². The Bertz CT molecular complexity index is 428. The summed E-state index contributed by atoms with van der Waals surface area (Å²) >= 11 is 6.33. The second-order valence-electron chi connectivity index (χ2n) is 5.26. The highest BCUT2D eigenvalue weighted by atomic mass is 35.5. The normalized spacial score (nSPS) is 18.9. The van der Waals surface area contributed by atoms with Crippen LogP contribution in [0.2, 0.25) is 5.02 Å². The summed E-state index contributed by atoms with van der Waals surface area (Å²) < 4.78 is 11.1. The molecule has 0 amide bonds. The van der Waals surface area contributed by atoms with Crippen LogP contribution < -0.4 is 14.8 Å². The first kappa shape index (κ1) is 14.5. The molecule has 106 valence electrons. The molecule has 1 heterocycles. The molecule has 1 aromatic carbocycles. The fourth-order valence-electron chi connectivity index (χ4n) is 2.44. The van der Waals surface area contributed by atoms with Crippen molar-refractivity contribution in [2.24, 2.45) is 0 Å². The molecule has 1 aliphatic heterocycles. The van der Waals surface area contributed by atoms with Crippen molar-refractivity contribution in [2.75, 3.05) is 13.7 Å². The van der Waals surface area contributed by atoms with E-state index in [4.69, 9.17) is 21.1 Å². The van der Waals surface area contributed by atoms with E-state index in [0.29, 0.717) is 11.8 Å². The third-order valence-electron chi connectivity index (χ3n) is 3.32. The highest BCUT2D eigenvalue weighted by molar-refractivity contribution is 6.31. The van der Waals surface area contributed by atoms with Gasteiger partial charge in [0.25, 0.3) is 0 Å². The summed E-state index contributed by atoms with van der Waals surface area (Å²) in [6, 6.07) is 4.39. The zero-order valence-corrected chi connectivity index (χ0v) is 12.6. The molecule has 0 radical (unpaired) electrons. The minimum absolute atomic E-state index is 0.118. The monoisotopic (exact) mass is 283 g/mol. The van der Waals surface area contributed by atoms with Crippen LogP contribution >= 0.6 is 11.6 Å². The van der Waals surface area contributed by atoms with E-state index in [1.54, 1.807) is 7.11 Å². The van der Waals surface area contributed by atoms with Gasteiger partial charge in [0, 0.05) is 17.1 Å². The molecular weight excluding hydrogens is 262 g/mol. The van der Waals surface area contributed by atoms with Crippen LogP contribution in [0.5, 0.6) is 11.5 Å². The van der Waals surface area contributed by atoms with Gasteiger partial charge in [-0.05, 0) is 51.3 Å². The van der Waals surface area contributed by atoms with E-state index in [0.717, 1.165) is 29.3 Å². The zero-order chi connectivity index (χ0) is 13.8. The van der Waals surface area contributed by atoms with Crippen molar-refractivity contribution in [2.45, 2.75) is 45.3 Å². The maximum Gasteiger partial charge on any atom is 0.162 e. The van der Waals surface area contributed by atoms with Crippen LogP contribution in [-0.2, 0) is 6.42 Å². The molecule has 1 saturated heterocycles. The van der Waals surface area contributed by atoms with E-state index < -0.39 is 0 Å². The summed E-state index contributed by atoms with van der Waals surface area (Å²) in [7, 11) is 1.64. The highest BCUT2D eigenvalue weighted by Crippen LogP contribution is 2.35. The lowest BCUT2D eigenvalue weighted by Gasteiger charge is -2.17. The van der Waals surface area contributed by atoms with Gasteiger partial charge in [-0.3, -0.25) is 0 Å². The largest absolute Gasteiger partial charge is 0.493 e.